The van der Waals surface area contributed by atoms with Crippen LogP contribution in [0.3, 0.4) is 0 Å². The maximum Gasteiger partial charge on any atom is 0.227 e. The summed E-state index contributed by atoms with van der Waals surface area (Å²) in [6.45, 7) is 0.776. The molecule has 1 fully saturated rings. The van der Waals surface area contributed by atoms with E-state index in [1.165, 1.54) is 0 Å². The Hall–Kier alpha value is -2.56. The molecule has 1 atom stereocenters. The summed E-state index contributed by atoms with van der Waals surface area (Å²) in [6.07, 6.45) is 4.06. The van der Waals surface area contributed by atoms with Gasteiger partial charge in [0.2, 0.25) is 5.91 Å². The van der Waals surface area contributed by atoms with E-state index in [1.807, 2.05) is 41.3 Å². The second-order valence-corrected chi connectivity index (χ2v) is 5.85. The maximum absolute atomic E-state index is 12.8. The van der Waals surface area contributed by atoms with E-state index in [4.69, 9.17) is 9.47 Å². The smallest absolute Gasteiger partial charge is 0.227 e. The predicted molar refractivity (Wildman–Crippen MR) is 91.2 cm³/mol. The van der Waals surface area contributed by atoms with E-state index in [1.54, 1.807) is 20.4 Å². The molecule has 0 radical (unpaired) electrons. The van der Waals surface area contributed by atoms with Crippen LogP contribution in [0, 0.1) is 0 Å². The Labute approximate surface area is 142 Å². The molecule has 0 saturated carbocycles. The van der Waals surface area contributed by atoms with Crippen molar-refractivity contribution >= 4 is 5.91 Å². The third-order valence-electron chi connectivity index (χ3n) is 4.44. The van der Waals surface area contributed by atoms with Crippen molar-refractivity contribution in [3.8, 4) is 11.5 Å². The first kappa shape index (κ1) is 16.3. The van der Waals surface area contributed by atoms with Crippen molar-refractivity contribution in [2.24, 2.45) is 0 Å². The van der Waals surface area contributed by atoms with Gasteiger partial charge in [0.25, 0.3) is 0 Å². The van der Waals surface area contributed by atoms with Crippen LogP contribution < -0.4 is 9.47 Å². The molecule has 3 rings (SSSR count). The maximum atomic E-state index is 12.8. The quantitative estimate of drug-likeness (QED) is 0.847. The van der Waals surface area contributed by atoms with Gasteiger partial charge in [0.05, 0.1) is 32.4 Å². The highest BCUT2D eigenvalue weighted by Crippen LogP contribution is 2.32. The SMILES string of the molecule is COc1ccc(CC(=O)N2CCCC2c2ccccn2)c(OC)c1. The minimum absolute atomic E-state index is 0.0722. The molecular weight excluding hydrogens is 304 g/mol. The fourth-order valence-electron chi connectivity index (χ4n) is 3.21. The first-order valence-corrected chi connectivity index (χ1v) is 8.14. The number of rotatable bonds is 5. The van der Waals surface area contributed by atoms with Crippen LogP contribution in [0.5, 0.6) is 11.5 Å². The number of hydrogen-bond donors (Lipinski definition) is 0. The summed E-state index contributed by atoms with van der Waals surface area (Å²) in [7, 11) is 3.22. The van der Waals surface area contributed by atoms with Crippen LogP contribution in [0.1, 0.15) is 30.1 Å². The molecule has 1 amide bonds. The third-order valence-corrected chi connectivity index (χ3v) is 4.44. The van der Waals surface area contributed by atoms with E-state index in [0.717, 1.165) is 36.4 Å². The topological polar surface area (TPSA) is 51.7 Å². The number of pyridine rings is 1. The molecule has 5 heteroatoms. The molecule has 0 aliphatic carbocycles. The van der Waals surface area contributed by atoms with E-state index in [-0.39, 0.29) is 11.9 Å². The van der Waals surface area contributed by atoms with Crippen molar-refractivity contribution in [1.29, 1.82) is 0 Å². The number of likely N-dealkylation sites (tertiary alicyclic amines) is 1. The second kappa shape index (κ2) is 7.34. The van der Waals surface area contributed by atoms with Crippen molar-refractivity contribution in [1.82, 2.24) is 9.88 Å². The van der Waals surface area contributed by atoms with Gasteiger partial charge < -0.3 is 14.4 Å². The van der Waals surface area contributed by atoms with E-state index in [0.29, 0.717) is 12.2 Å². The zero-order chi connectivity index (χ0) is 16.9. The van der Waals surface area contributed by atoms with Crippen molar-refractivity contribution in [3.63, 3.8) is 0 Å². The van der Waals surface area contributed by atoms with E-state index in [2.05, 4.69) is 4.98 Å². The second-order valence-electron chi connectivity index (χ2n) is 5.85. The van der Waals surface area contributed by atoms with Gasteiger partial charge in [0.1, 0.15) is 11.5 Å². The molecule has 1 saturated heterocycles. The van der Waals surface area contributed by atoms with Crippen molar-refractivity contribution in [3.05, 3.63) is 53.9 Å². The van der Waals surface area contributed by atoms with Gasteiger partial charge in [-0.1, -0.05) is 12.1 Å². The molecule has 5 nitrogen and oxygen atoms in total. The van der Waals surface area contributed by atoms with E-state index < -0.39 is 0 Å². The predicted octanol–water partition coefficient (Wildman–Crippen LogP) is 3.01. The Morgan fingerprint density at radius 3 is 2.83 bits per heavy atom. The van der Waals surface area contributed by atoms with Crippen LogP contribution in [-0.4, -0.2) is 36.6 Å². The number of methoxy groups -OCH3 is 2. The molecule has 126 valence electrons. The van der Waals surface area contributed by atoms with Gasteiger partial charge in [-0.3, -0.25) is 9.78 Å². The van der Waals surface area contributed by atoms with Crippen LogP contribution in [0.25, 0.3) is 0 Å². The van der Waals surface area contributed by atoms with Crippen LogP contribution in [0.4, 0.5) is 0 Å². The first-order chi connectivity index (χ1) is 11.7. The number of carbonyl (C=O) groups excluding carboxylic acids is 1. The molecule has 1 aromatic carbocycles. The highest BCUT2D eigenvalue weighted by atomic mass is 16.5. The summed E-state index contributed by atoms with van der Waals surface area (Å²) in [5.74, 6) is 1.50. The minimum Gasteiger partial charge on any atom is -0.497 e. The molecule has 0 spiro atoms. The van der Waals surface area contributed by atoms with E-state index in [9.17, 15) is 4.79 Å². The highest BCUT2D eigenvalue weighted by molar-refractivity contribution is 5.80. The lowest BCUT2D eigenvalue weighted by molar-refractivity contribution is -0.131. The summed E-state index contributed by atoms with van der Waals surface area (Å²) >= 11 is 0. The number of benzene rings is 1. The fourth-order valence-corrected chi connectivity index (χ4v) is 3.21. The molecular formula is C19H22N2O3. The van der Waals surface area contributed by atoms with Gasteiger partial charge in [-0.15, -0.1) is 0 Å². The Morgan fingerprint density at radius 2 is 2.12 bits per heavy atom. The Kier molecular flexibility index (Phi) is 4.99. The van der Waals surface area contributed by atoms with Crippen molar-refractivity contribution < 1.29 is 14.3 Å². The lowest BCUT2D eigenvalue weighted by Crippen LogP contribution is -2.32. The molecule has 1 aromatic heterocycles. The number of carbonyl (C=O) groups is 1. The van der Waals surface area contributed by atoms with E-state index >= 15 is 0 Å². The molecule has 2 heterocycles. The molecule has 1 aliphatic heterocycles. The van der Waals surface area contributed by atoms with Crippen LogP contribution in [0.2, 0.25) is 0 Å². The number of amides is 1. The number of ether oxygens (including phenoxy) is 2. The summed E-state index contributed by atoms with van der Waals surface area (Å²) in [4.78, 5) is 19.2. The summed E-state index contributed by atoms with van der Waals surface area (Å²) in [6, 6.07) is 11.5. The fraction of sp³-hybridized carbons (Fsp3) is 0.368. The molecule has 24 heavy (non-hydrogen) atoms. The first-order valence-electron chi connectivity index (χ1n) is 8.14. The Morgan fingerprint density at radius 1 is 1.25 bits per heavy atom. The minimum atomic E-state index is 0.0722. The molecule has 1 aliphatic rings. The van der Waals surface area contributed by atoms with Crippen molar-refractivity contribution in [2.75, 3.05) is 20.8 Å². The van der Waals surface area contributed by atoms with Crippen LogP contribution in [0.15, 0.2) is 42.6 Å². The molecule has 0 N–H and O–H groups in total. The average Bonchev–Trinajstić information content (AvgIpc) is 3.12. The zero-order valence-electron chi connectivity index (χ0n) is 14.1. The standard InChI is InChI=1S/C19H22N2O3/c1-23-15-9-8-14(18(13-15)24-2)12-19(22)21-11-5-7-17(21)16-6-3-4-10-20-16/h3-4,6,8-10,13,17H,5,7,11-12H2,1-2H3. The number of hydrogen-bond acceptors (Lipinski definition) is 4. The molecule has 2 aromatic rings. The van der Waals surface area contributed by atoms with Gasteiger partial charge >= 0.3 is 0 Å². The highest BCUT2D eigenvalue weighted by Gasteiger charge is 2.30. The summed E-state index contributed by atoms with van der Waals surface area (Å²) in [5, 5.41) is 0. The Bertz CT molecular complexity index is 703. The van der Waals surface area contributed by atoms with Gasteiger partial charge in [-0.2, -0.15) is 0 Å². The number of aromatic nitrogens is 1. The lowest BCUT2D eigenvalue weighted by Gasteiger charge is -2.24. The largest absolute Gasteiger partial charge is 0.497 e. The van der Waals surface area contributed by atoms with Gasteiger partial charge in [-0.25, -0.2) is 0 Å². The van der Waals surface area contributed by atoms with Crippen LogP contribution >= 0.6 is 0 Å². The lowest BCUT2D eigenvalue weighted by atomic mass is 10.1. The summed E-state index contributed by atoms with van der Waals surface area (Å²) in [5.41, 5.74) is 1.83. The van der Waals surface area contributed by atoms with Gasteiger partial charge in [0, 0.05) is 24.4 Å². The molecule has 1 unspecified atom stereocenters. The monoisotopic (exact) mass is 326 g/mol. The zero-order valence-corrected chi connectivity index (χ0v) is 14.1. The Balaban J connectivity index is 1.77. The van der Waals surface area contributed by atoms with Gasteiger partial charge in [0.15, 0.2) is 0 Å². The third kappa shape index (κ3) is 3.35. The number of nitrogens with zero attached hydrogens (tertiary/aromatic N) is 2. The molecule has 0 bridgehead atoms. The average molecular weight is 326 g/mol. The summed E-state index contributed by atoms with van der Waals surface area (Å²) < 4.78 is 10.6. The van der Waals surface area contributed by atoms with Gasteiger partial charge in [-0.05, 0) is 31.0 Å². The van der Waals surface area contributed by atoms with Crippen LogP contribution in [-0.2, 0) is 11.2 Å². The van der Waals surface area contributed by atoms with Crippen molar-refractivity contribution in [2.45, 2.75) is 25.3 Å². The normalized spacial score (nSPS) is 16.9.